The molecule has 1 aliphatic heterocycles. The molecule has 1 aromatic heterocycles. The van der Waals surface area contributed by atoms with Gasteiger partial charge in [-0.2, -0.15) is 0 Å². The Bertz CT molecular complexity index is 2410. The van der Waals surface area contributed by atoms with E-state index in [1.165, 1.54) is 38.5 Å². The Morgan fingerprint density at radius 3 is 1.65 bits per heavy atom. The molecular formula is C45H34N4. The molecule has 0 bridgehead atoms. The maximum absolute atomic E-state index is 5.31. The molecule has 2 unspecified atom stereocenters. The van der Waals surface area contributed by atoms with Gasteiger partial charge < -0.3 is 9.88 Å². The van der Waals surface area contributed by atoms with Gasteiger partial charge in [-0.3, -0.25) is 5.32 Å². The van der Waals surface area contributed by atoms with Gasteiger partial charge >= 0.3 is 0 Å². The van der Waals surface area contributed by atoms with Crippen molar-refractivity contribution < 1.29 is 0 Å². The van der Waals surface area contributed by atoms with Gasteiger partial charge in [0.25, 0.3) is 0 Å². The minimum absolute atomic E-state index is 0.189. The fourth-order valence-corrected chi connectivity index (χ4v) is 7.09. The Labute approximate surface area is 286 Å². The molecule has 1 aliphatic rings. The van der Waals surface area contributed by atoms with E-state index in [2.05, 4.69) is 197 Å². The first-order chi connectivity index (χ1) is 24.3. The van der Waals surface area contributed by atoms with E-state index in [1.54, 1.807) is 0 Å². The Hall–Kier alpha value is -6.23. The summed E-state index contributed by atoms with van der Waals surface area (Å²) in [7, 11) is 0. The largest absolute Gasteiger partial charge is 0.350 e. The Morgan fingerprint density at radius 1 is 0.429 bits per heavy atom. The van der Waals surface area contributed by atoms with Crippen molar-refractivity contribution in [1.29, 1.82) is 0 Å². The summed E-state index contributed by atoms with van der Waals surface area (Å²) < 4.78 is 2.37. The fraction of sp³-hybridized carbons (Fsp3) is 0.0444. The first kappa shape index (κ1) is 29.0. The minimum Gasteiger partial charge on any atom is -0.350 e. The number of nitrogens with zero attached hydrogens (tertiary/aromatic N) is 2. The molecule has 0 radical (unpaired) electrons. The van der Waals surface area contributed by atoms with Gasteiger partial charge in [0, 0.05) is 22.0 Å². The number of rotatable bonds is 6. The van der Waals surface area contributed by atoms with E-state index in [0.29, 0.717) is 0 Å². The first-order valence-electron chi connectivity index (χ1n) is 16.8. The smallest absolute Gasteiger partial charge is 0.131 e. The summed E-state index contributed by atoms with van der Waals surface area (Å²) in [4.78, 5) is 5.31. The summed E-state index contributed by atoms with van der Waals surface area (Å²) in [6.45, 7) is 0. The predicted octanol–water partition coefficient (Wildman–Crippen LogP) is 10.5. The Morgan fingerprint density at radius 2 is 0.959 bits per heavy atom. The van der Waals surface area contributed by atoms with Crippen molar-refractivity contribution in [3.63, 3.8) is 0 Å². The molecule has 2 N–H and O–H groups in total. The fourth-order valence-electron chi connectivity index (χ4n) is 7.09. The average Bonchev–Trinajstić information content (AvgIpc) is 3.53. The van der Waals surface area contributed by atoms with Crippen molar-refractivity contribution in [3.05, 3.63) is 199 Å². The van der Waals surface area contributed by atoms with Crippen molar-refractivity contribution in [3.8, 4) is 27.9 Å². The van der Waals surface area contributed by atoms with E-state index in [0.717, 1.165) is 33.8 Å². The average molecular weight is 631 g/mol. The number of aliphatic imine (C=N–C) groups is 1. The monoisotopic (exact) mass is 630 g/mol. The standard InChI is InChI=1S/C45H34N4/c1-3-14-31(15-4-1)33-18-11-20-35(28-33)43-46-44(36-21-12-19-34(29-36)32-16-5-2-6-17-32)48-45(47-43)37-22-13-23-38(30-37)49-41-26-9-7-24-39(41)40-25-8-10-27-42(40)49/h1-30,43,45,47H,(H,46,48). The highest BCUT2D eigenvalue weighted by molar-refractivity contribution is 6.09. The zero-order chi connectivity index (χ0) is 32.6. The number of benzene rings is 7. The van der Waals surface area contributed by atoms with Crippen LogP contribution < -0.4 is 10.6 Å². The Kier molecular flexibility index (Phi) is 7.34. The Balaban J connectivity index is 1.15. The van der Waals surface area contributed by atoms with E-state index in [-0.39, 0.29) is 12.3 Å². The zero-order valence-corrected chi connectivity index (χ0v) is 26.9. The number of amidine groups is 1. The molecule has 0 aliphatic carbocycles. The highest BCUT2D eigenvalue weighted by Crippen LogP contribution is 2.34. The van der Waals surface area contributed by atoms with Crippen LogP contribution in [0.1, 0.15) is 29.0 Å². The summed E-state index contributed by atoms with van der Waals surface area (Å²) in [5, 5.41) is 10.1. The quantitative estimate of drug-likeness (QED) is 0.192. The van der Waals surface area contributed by atoms with Gasteiger partial charge in [-0.25, -0.2) is 4.99 Å². The van der Waals surface area contributed by atoms with Crippen molar-refractivity contribution in [2.45, 2.75) is 12.3 Å². The van der Waals surface area contributed by atoms with Crippen LogP contribution in [0.4, 0.5) is 0 Å². The third-order valence-electron chi connectivity index (χ3n) is 9.46. The summed E-state index contributed by atoms with van der Waals surface area (Å²) in [6, 6.07) is 64.6. The van der Waals surface area contributed by atoms with Crippen LogP contribution in [-0.4, -0.2) is 10.4 Å². The number of hydrogen-bond donors (Lipinski definition) is 2. The maximum Gasteiger partial charge on any atom is 0.131 e. The van der Waals surface area contributed by atoms with Gasteiger partial charge in [-0.05, 0) is 69.8 Å². The SMILES string of the molecule is c1ccc(-c2cccc(C3=NC(c4cccc(-c5ccccc5)c4)NC(c4cccc(-n5c6ccccc6c6ccccc65)c4)N3)c2)cc1. The van der Waals surface area contributed by atoms with Gasteiger partial charge in [-0.15, -0.1) is 0 Å². The molecule has 0 spiro atoms. The third kappa shape index (κ3) is 5.48. The summed E-state index contributed by atoms with van der Waals surface area (Å²) in [6.07, 6.45) is -0.450. The van der Waals surface area contributed by atoms with Crippen LogP contribution in [0, 0.1) is 0 Å². The van der Waals surface area contributed by atoms with Crippen molar-refractivity contribution in [1.82, 2.24) is 15.2 Å². The topological polar surface area (TPSA) is 41.4 Å². The maximum atomic E-state index is 5.31. The highest BCUT2D eigenvalue weighted by Gasteiger charge is 2.26. The summed E-state index contributed by atoms with van der Waals surface area (Å²) in [5.41, 5.74) is 11.5. The van der Waals surface area contributed by atoms with Gasteiger partial charge in [0.15, 0.2) is 0 Å². The number of hydrogen-bond acceptors (Lipinski definition) is 3. The molecule has 8 aromatic rings. The normalized spacial score (nSPS) is 16.0. The molecule has 4 heteroatoms. The van der Waals surface area contributed by atoms with E-state index in [9.17, 15) is 0 Å². The lowest BCUT2D eigenvalue weighted by Crippen LogP contribution is -2.45. The molecule has 7 aromatic carbocycles. The molecule has 234 valence electrons. The molecule has 49 heavy (non-hydrogen) atoms. The molecule has 0 amide bonds. The first-order valence-corrected chi connectivity index (χ1v) is 16.8. The molecule has 0 saturated heterocycles. The van der Waals surface area contributed by atoms with Gasteiger partial charge in [0.05, 0.1) is 11.0 Å². The lowest BCUT2D eigenvalue weighted by molar-refractivity contribution is 0.409. The van der Waals surface area contributed by atoms with Crippen LogP contribution in [0.25, 0.3) is 49.7 Å². The molecule has 9 rings (SSSR count). The second-order valence-corrected chi connectivity index (χ2v) is 12.5. The second-order valence-electron chi connectivity index (χ2n) is 12.5. The van der Waals surface area contributed by atoms with E-state index >= 15 is 0 Å². The molecular weight excluding hydrogens is 597 g/mol. The van der Waals surface area contributed by atoms with Gasteiger partial charge in [0.1, 0.15) is 18.2 Å². The molecule has 2 atom stereocenters. The van der Waals surface area contributed by atoms with Gasteiger partial charge in [-0.1, -0.05) is 146 Å². The van der Waals surface area contributed by atoms with Crippen LogP contribution >= 0.6 is 0 Å². The molecule has 0 saturated carbocycles. The second kappa shape index (κ2) is 12.4. The van der Waals surface area contributed by atoms with E-state index < -0.39 is 0 Å². The molecule has 2 heterocycles. The van der Waals surface area contributed by atoms with E-state index in [1.807, 2.05) is 0 Å². The zero-order valence-electron chi connectivity index (χ0n) is 26.9. The molecule has 0 fully saturated rings. The van der Waals surface area contributed by atoms with Crippen LogP contribution in [0.3, 0.4) is 0 Å². The van der Waals surface area contributed by atoms with Crippen LogP contribution in [0.15, 0.2) is 187 Å². The summed E-state index contributed by atoms with van der Waals surface area (Å²) >= 11 is 0. The van der Waals surface area contributed by atoms with Crippen molar-refractivity contribution in [2.24, 2.45) is 4.99 Å². The predicted molar refractivity (Wildman–Crippen MR) is 203 cm³/mol. The lowest BCUT2D eigenvalue weighted by atomic mass is 10.00. The van der Waals surface area contributed by atoms with Crippen molar-refractivity contribution in [2.75, 3.05) is 0 Å². The van der Waals surface area contributed by atoms with Crippen molar-refractivity contribution >= 4 is 27.6 Å². The number of fused-ring (bicyclic) bond motifs is 3. The highest BCUT2D eigenvalue weighted by atomic mass is 15.3. The number of aromatic nitrogens is 1. The number of nitrogens with one attached hydrogen (secondary N) is 2. The van der Waals surface area contributed by atoms with Crippen LogP contribution in [-0.2, 0) is 0 Å². The minimum atomic E-state index is -0.262. The number of para-hydroxylation sites is 2. The van der Waals surface area contributed by atoms with Crippen LogP contribution in [0.5, 0.6) is 0 Å². The van der Waals surface area contributed by atoms with E-state index in [4.69, 9.17) is 4.99 Å². The third-order valence-corrected chi connectivity index (χ3v) is 9.46. The van der Waals surface area contributed by atoms with Crippen LogP contribution in [0.2, 0.25) is 0 Å². The van der Waals surface area contributed by atoms with Gasteiger partial charge in [0.2, 0.25) is 0 Å². The molecule has 4 nitrogen and oxygen atoms in total. The summed E-state index contributed by atoms with van der Waals surface area (Å²) in [5.74, 6) is 0.860. The lowest BCUT2D eigenvalue weighted by Gasteiger charge is -2.32.